The van der Waals surface area contributed by atoms with E-state index in [0.29, 0.717) is 31.3 Å². The van der Waals surface area contributed by atoms with E-state index in [1.807, 2.05) is 0 Å². The molecule has 2 aliphatic carbocycles. The molecule has 0 aromatic rings. The largest absolute Gasteiger partial charge is 0.392 e. The average molecular weight is 419 g/mol. The number of rotatable bonds is 4. The van der Waals surface area contributed by atoms with Crippen molar-refractivity contribution in [1.29, 1.82) is 0 Å². The SMILES string of the molecule is C[C@H](C(=O)N[C@@H](C)C1CCC(F)CC1F)C1=CC2C(CCC(O)C2Cl)NC1=O. The number of halogens is 3. The lowest BCUT2D eigenvalue weighted by Gasteiger charge is -2.40. The summed E-state index contributed by atoms with van der Waals surface area (Å²) in [5.41, 5.74) is 0.315. The van der Waals surface area contributed by atoms with Gasteiger partial charge in [-0.25, -0.2) is 8.78 Å². The Labute approximate surface area is 169 Å². The van der Waals surface area contributed by atoms with Gasteiger partial charge in [0.05, 0.1) is 17.4 Å². The van der Waals surface area contributed by atoms with E-state index in [2.05, 4.69) is 10.6 Å². The number of alkyl halides is 3. The van der Waals surface area contributed by atoms with Crippen molar-refractivity contribution in [3.8, 4) is 0 Å². The molecule has 1 aliphatic heterocycles. The number of aliphatic hydroxyl groups is 1. The maximum absolute atomic E-state index is 14.2. The number of hydrogen-bond donors (Lipinski definition) is 3. The van der Waals surface area contributed by atoms with Gasteiger partial charge in [-0.1, -0.05) is 6.08 Å². The maximum Gasteiger partial charge on any atom is 0.247 e. The number of hydrogen-bond acceptors (Lipinski definition) is 3. The minimum absolute atomic E-state index is 0.128. The van der Waals surface area contributed by atoms with Crippen molar-refractivity contribution in [2.75, 3.05) is 0 Å². The Morgan fingerprint density at radius 1 is 1.29 bits per heavy atom. The van der Waals surface area contributed by atoms with Crippen LogP contribution in [0.3, 0.4) is 0 Å². The summed E-state index contributed by atoms with van der Waals surface area (Å²) in [4.78, 5) is 25.2. The summed E-state index contributed by atoms with van der Waals surface area (Å²) in [6.45, 7) is 3.35. The number of aliphatic hydroxyl groups excluding tert-OH is 1. The molecule has 0 bridgehead atoms. The number of amides is 2. The molecule has 1 heterocycles. The van der Waals surface area contributed by atoms with Gasteiger partial charge in [0.15, 0.2) is 0 Å². The molecule has 2 amide bonds. The summed E-state index contributed by atoms with van der Waals surface area (Å²) in [5.74, 6) is -2.08. The molecule has 0 saturated heterocycles. The highest BCUT2D eigenvalue weighted by Crippen LogP contribution is 2.35. The summed E-state index contributed by atoms with van der Waals surface area (Å²) in [6.07, 6.45) is 0.385. The second-order valence-corrected chi connectivity index (χ2v) is 8.98. The van der Waals surface area contributed by atoms with Gasteiger partial charge in [0, 0.05) is 35.9 Å². The van der Waals surface area contributed by atoms with Gasteiger partial charge in [0.25, 0.3) is 0 Å². The van der Waals surface area contributed by atoms with E-state index in [0.717, 1.165) is 0 Å². The van der Waals surface area contributed by atoms with E-state index < -0.39 is 41.7 Å². The van der Waals surface area contributed by atoms with Crippen LogP contribution < -0.4 is 10.6 Å². The predicted octanol–water partition coefficient (Wildman–Crippen LogP) is 2.41. The zero-order valence-electron chi connectivity index (χ0n) is 16.2. The molecule has 2 fully saturated rings. The average Bonchev–Trinajstić information content (AvgIpc) is 2.63. The lowest BCUT2D eigenvalue weighted by atomic mass is 9.77. The first-order valence-electron chi connectivity index (χ1n) is 10.1. The quantitative estimate of drug-likeness (QED) is 0.613. The van der Waals surface area contributed by atoms with Gasteiger partial charge < -0.3 is 15.7 Å². The second-order valence-electron chi connectivity index (χ2n) is 8.48. The molecular formula is C20H29ClF2N2O3. The lowest BCUT2D eigenvalue weighted by Crippen LogP contribution is -2.54. The summed E-state index contributed by atoms with van der Waals surface area (Å²) in [5, 5.41) is 15.2. The standard InChI is InChI=1S/C20H29ClF2N2O3/c1-9(19(27)24-10(2)12-4-3-11(22)7-15(12)23)13-8-14-16(25-20(13)28)5-6-17(26)18(14)21/h8-12,14-18,26H,3-7H2,1-2H3,(H,24,27)(H,25,28)/t9-,10-,11?,12?,14?,15?,16?,17?,18?/m0/s1. The van der Waals surface area contributed by atoms with E-state index in [-0.39, 0.29) is 30.2 Å². The van der Waals surface area contributed by atoms with Gasteiger partial charge in [0.1, 0.15) is 12.3 Å². The van der Waals surface area contributed by atoms with Crippen LogP contribution in [-0.2, 0) is 9.59 Å². The van der Waals surface area contributed by atoms with Crippen LogP contribution in [0.1, 0.15) is 46.0 Å². The lowest BCUT2D eigenvalue weighted by molar-refractivity contribution is -0.128. The van der Waals surface area contributed by atoms with Crippen LogP contribution in [0.25, 0.3) is 0 Å². The minimum Gasteiger partial charge on any atom is -0.392 e. The van der Waals surface area contributed by atoms with Crippen molar-refractivity contribution in [3.63, 3.8) is 0 Å². The highest BCUT2D eigenvalue weighted by atomic mass is 35.5. The van der Waals surface area contributed by atoms with Crippen molar-refractivity contribution in [2.45, 2.75) is 81.9 Å². The van der Waals surface area contributed by atoms with Gasteiger partial charge in [-0.15, -0.1) is 11.6 Å². The number of carbonyl (C=O) groups is 2. The maximum atomic E-state index is 14.2. The minimum atomic E-state index is -1.28. The Balaban J connectivity index is 1.66. The summed E-state index contributed by atoms with van der Waals surface area (Å²) in [7, 11) is 0. The molecule has 8 heteroatoms. The Kier molecular flexibility index (Phi) is 6.65. The Morgan fingerprint density at radius 3 is 2.68 bits per heavy atom. The van der Waals surface area contributed by atoms with Gasteiger partial charge in [-0.05, 0) is 39.5 Å². The van der Waals surface area contributed by atoms with Crippen LogP contribution in [0.2, 0.25) is 0 Å². The normalized spacial score (nSPS) is 40.6. The van der Waals surface area contributed by atoms with Crippen molar-refractivity contribution in [3.05, 3.63) is 11.6 Å². The number of fused-ring (bicyclic) bond motifs is 1. The topological polar surface area (TPSA) is 78.4 Å². The van der Waals surface area contributed by atoms with Crippen LogP contribution in [0.15, 0.2) is 11.6 Å². The van der Waals surface area contributed by atoms with Crippen molar-refractivity contribution in [1.82, 2.24) is 10.6 Å². The number of nitrogens with one attached hydrogen (secondary N) is 2. The fourth-order valence-corrected chi connectivity index (χ4v) is 5.06. The van der Waals surface area contributed by atoms with Crippen LogP contribution in [0.5, 0.6) is 0 Å². The molecular weight excluding hydrogens is 390 g/mol. The van der Waals surface area contributed by atoms with Crippen LogP contribution >= 0.6 is 11.6 Å². The fraction of sp³-hybridized carbons (Fsp3) is 0.800. The Bertz CT molecular complexity index is 647. The predicted molar refractivity (Wildman–Crippen MR) is 102 cm³/mol. The summed E-state index contributed by atoms with van der Waals surface area (Å²) < 4.78 is 27.5. The molecule has 2 saturated carbocycles. The van der Waals surface area contributed by atoms with Crippen molar-refractivity contribution in [2.24, 2.45) is 17.8 Å². The van der Waals surface area contributed by atoms with Gasteiger partial charge in [-0.3, -0.25) is 9.59 Å². The van der Waals surface area contributed by atoms with E-state index in [1.54, 1.807) is 19.9 Å². The van der Waals surface area contributed by atoms with E-state index >= 15 is 0 Å². The third-order valence-corrected chi connectivity index (χ3v) is 7.14. The van der Waals surface area contributed by atoms with E-state index in [9.17, 15) is 23.5 Å². The Hall–Kier alpha value is -1.21. The van der Waals surface area contributed by atoms with Crippen LogP contribution in [0, 0.1) is 17.8 Å². The zero-order chi connectivity index (χ0) is 20.6. The van der Waals surface area contributed by atoms with E-state index in [4.69, 9.17) is 11.6 Å². The molecule has 9 atom stereocenters. The van der Waals surface area contributed by atoms with Gasteiger partial charge in [-0.2, -0.15) is 0 Å². The Morgan fingerprint density at radius 2 is 2.00 bits per heavy atom. The molecule has 7 unspecified atom stereocenters. The molecule has 0 aromatic carbocycles. The fourth-order valence-electron chi connectivity index (χ4n) is 4.68. The first kappa shape index (κ1) is 21.5. The third kappa shape index (κ3) is 4.35. The van der Waals surface area contributed by atoms with Crippen molar-refractivity contribution < 1.29 is 23.5 Å². The third-order valence-electron chi connectivity index (χ3n) is 6.55. The van der Waals surface area contributed by atoms with Crippen LogP contribution in [-0.4, -0.2) is 52.8 Å². The molecule has 3 rings (SSSR count). The monoisotopic (exact) mass is 418 g/mol. The van der Waals surface area contributed by atoms with Crippen LogP contribution in [0.4, 0.5) is 8.78 Å². The summed E-state index contributed by atoms with van der Waals surface area (Å²) >= 11 is 6.33. The van der Waals surface area contributed by atoms with E-state index in [1.165, 1.54) is 0 Å². The smallest absolute Gasteiger partial charge is 0.247 e. The number of carbonyl (C=O) groups excluding carboxylic acids is 2. The first-order valence-corrected chi connectivity index (χ1v) is 10.6. The molecule has 0 aromatic heterocycles. The molecule has 0 spiro atoms. The van der Waals surface area contributed by atoms with Gasteiger partial charge in [0.2, 0.25) is 11.8 Å². The van der Waals surface area contributed by atoms with Crippen molar-refractivity contribution >= 4 is 23.4 Å². The van der Waals surface area contributed by atoms with Gasteiger partial charge >= 0.3 is 0 Å². The molecule has 28 heavy (non-hydrogen) atoms. The molecule has 3 N–H and O–H groups in total. The summed E-state index contributed by atoms with van der Waals surface area (Å²) in [6, 6.07) is -0.589. The zero-order valence-corrected chi connectivity index (χ0v) is 17.0. The molecule has 3 aliphatic rings. The molecule has 0 radical (unpaired) electrons. The molecule has 5 nitrogen and oxygen atoms in total. The second kappa shape index (κ2) is 8.66. The highest BCUT2D eigenvalue weighted by molar-refractivity contribution is 6.21. The first-order chi connectivity index (χ1) is 13.2. The highest BCUT2D eigenvalue weighted by Gasteiger charge is 2.42. The molecule has 158 valence electrons.